The molecule has 0 saturated carbocycles. The molecular weight excluding hydrogens is 348 g/mol. The second-order valence-electron chi connectivity index (χ2n) is 6.66. The Hall–Kier alpha value is -1.95. The zero-order valence-electron chi connectivity index (χ0n) is 15.2. The standard InChI is InChI=1S/C20H25ClN4O/c1-3-8-22-19(26)14-25-11-9-24(10-12-25)13-18-20(21)15(2)16-6-4-5-7-17(16)23-18/h3-7H,1,8-14H2,2H3,(H,22,26). The largest absolute Gasteiger partial charge is 0.352 e. The molecule has 1 amide bonds. The molecule has 138 valence electrons. The first-order valence-corrected chi connectivity index (χ1v) is 9.32. The number of benzene rings is 1. The highest BCUT2D eigenvalue weighted by Crippen LogP contribution is 2.27. The van der Waals surface area contributed by atoms with E-state index in [1.54, 1.807) is 6.08 Å². The number of aromatic nitrogens is 1. The summed E-state index contributed by atoms with van der Waals surface area (Å²) in [4.78, 5) is 21.1. The van der Waals surface area contributed by atoms with Crippen molar-refractivity contribution in [1.82, 2.24) is 20.1 Å². The lowest BCUT2D eigenvalue weighted by atomic mass is 10.1. The van der Waals surface area contributed by atoms with Gasteiger partial charge in [0.15, 0.2) is 0 Å². The van der Waals surface area contributed by atoms with Gasteiger partial charge in [-0.3, -0.25) is 14.6 Å². The van der Waals surface area contributed by atoms with E-state index < -0.39 is 0 Å². The van der Waals surface area contributed by atoms with Crippen molar-refractivity contribution in [3.63, 3.8) is 0 Å². The second kappa shape index (κ2) is 8.62. The number of fused-ring (bicyclic) bond motifs is 1. The Labute approximate surface area is 159 Å². The number of hydrogen-bond acceptors (Lipinski definition) is 4. The average molecular weight is 373 g/mol. The molecule has 3 rings (SSSR count). The van der Waals surface area contributed by atoms with Gasteiger partial charge >= 0.3 is 0 Å². The van der Waals surface area contributed by atoms with Gasteiger partial charge in [0.2, 0.25) is 5.91 Å². The highest BCUT2D eigenvalue weighted by molar-refractivity contribution is 6.32. The Kier molecular flexibility index (Phi) is 6.25. The first-order valence-electron chi connectivity index (χ1n) is 8.94. The molecule has 1 aromatic heterocycles. The Balaban J connectivity index is 1.60. The van der Waals surface area contributed by atoms with Crippen molar-refractivity contribution < 1.29 is 4.79 Å². The van der Waals surface area contributed by atoms with Gasteiger partial charge in [0.05, 0.1) is 22.8 Å². The lowest BCUT2D eigenvalue weighted by molar-refractivity contribution is -0.122. The number of nitrogens with zero attached hydrogens (tertiary/aromatic N) is 3. The number of halogens is 1. The predicted octanol–water partition coefficient (Wildman–Crippen LogP) is 2.62. The molecule has 2 heterocycles. The van der Waals surface area contributed by atoms with Crippen LogP contribution >= 0.6 is 11.6 Å². The monoisotopic (exact) mass is 372 g/mol. The predicted molar refractivity (Wildman–Crippen MR) is 106 cm³/mol. The van der Waals surface area contributed by atoms with Gasteiger partial charge in [0, 0.05) is 44.7 Å². The maximum Gasteiger partial charge on any atom is 0.234 e. The molecule has 0 unspecified atom stereocenters. The van der Waals surface area contributed by atoms with Gasteiger partial charge in [-0.05, 0) is 18.6 Å². The maximum absolute atomic E-state index is 11.8. The molecule has 0 atom stereocenters. The van der Waals surface area contributed by atoms with Crippen molar-refractivity contribution in [3.05, 3.63) is 53.2 Å². The summed E-state index contributed by atoms with van der Waals surface area (Å²) in [7, 11) is 0. The van der Waals surface area contributed by atoms with Crippen molar-refractivity contribution in [2.75, 3.05) is 39.3 Å². The van der Waals surface area contributed by atoms with Crippen LogP contribution in [0.1, 0.15) is 11.3 Å². The highest BCUT2D eigenvalue weighted by Gasteiger charge is 2.20. The summed E-state index contributed by atoms with van der Waals surface area (Å²) in [6, 6.07) is 8.10. The van der Waals surface area contributed by atoms with Crippen molar-refractivity contribution >= 4 is 28.4 Å². The SMILES string of the molecule is C=CCNC(=O)CN1CCN(Cc2nc3ccccc3c(C)c2Cl)CC1. The first-order chi connectivity index (χ1) is 12.6. The van der Waals surface area contributed by atoms with Crippen LogP contribution in [-0.2, 0) is 11.3 Å². The number of nitrogens with one attached hydrogen (secondary N) is 1. The summed E-state index contributed by atoms with van der Waals surface area (Å²) >= 11 is 6.58. The second-order valence-corrected chi connectivity index (χ2v) is 7.04. The molecule has 26 heavy (non-hydrogen) atoms. The van der Waals surface area contributed by atoms with E-state index in [0.717, 1.165) is 59.9 Å². The summed E-state index contributed by atoms with van der Waals surface area (Å²) in [5.74, 6) is 0.0493. The Morgan fingerprint density at radius 2 is 1.96 bits per heavy atom. The van der Waals surface area contributed by atoms with E-state index in [-0.39, 0.29) is 5.91 Å². The molecule has 1 fully saturated rings. The van der Waals surface area contributed by atoms with Crippen LogP contribution in [0.3, 0.4) is 0 Å². The van der Waals surface area contributed by atoms with Gasteiger partial charge in [-0.25, -0.2) is 4.98 Å². The Morgan fingerprint density at radius 3 is 2.69 bits per heavy atom. The molecule has 0 aliphatic carbocycles. The van der Waals surface area contributed by atoms with Crippen LogP contribution in [0, 0.1) is 6.92 Å². The van der Waals surface area contributed by atoms with Gasteiger partial charge in [0.1, 0.15) is 0 Å². The molecule has 0 bridgehead atoms. The molecule has 1 N–H and O–H groups in total. The molecule has 0 spiro atoms. The summed E-state index contributed by atoms with van der Waals surface area (Å²) in [5.41, 5.74) is 3.01. The minimum atomic E-state index is 0.0493. The Morgan fingerprint density at radius 1 is 1.27 bits per heavy atom. The van der Waals surface area contributed by atoms with Crippen LogP contribution < -0.4 is 5.32 Å². The smallest absolute Gasteiger partial charge is 0.234 e. The van der Waals surface area contributed by atoms with Crippen LogP contribution in [0.5, 0.6) is 0 Å². The normalized spacial score (nSPS) is 15.9. The molecule has 0 radical (unpaired) electrons. The van der Waals surface area contributed by atoms with Gasteiger partial charge in [-0.15, -0.1) is 6.58 Å². The number of carbonyl (C=O) groups is 1. The van der Waals surface area contributed by atoms with Crippen LogP contribution in [0.4, 0.5) is 0 Å². The van der Waals surface area contributed by atoms with E-state index in [2.05, 4.69) is 34.7 Å². The van der Waals surface area contributed by atoms with Gasteiger partial charge in [0.25, 0.3) is 0 Å². The zero-order chi connectivity index (χ0) is 18.5. The lowest BCUT2D eigenvalue weighted by Gasteiger charge is -2.34. The average Bonchev–Trinajstić information content (AvgIpc) is 2.66. The number of hydrogen-bond donors (Lipinski definition) is 1. The maximum atomic E-state index is 11.8. The summed E-state index contributed by atoms with van der Waals surface area (Å²) in [6.07, 6.45) is 1.69. The topological polar surface area (TPSA) is 48.5 Å². The number of aryl methyl sites for hydroxylation is 1. The molecule has 6 heteroatoms. The molecule has 1 saturated heterocycles. The van der Waals surface area contributed by atoms with Crippen molar-refractivity contribution in [3.8, 4) is 0 Å². The minimum absolute atomic E-state index is 0.0493. The Bertz CT molecular complexity index is 800. The summed E-state index contributed by atoms with van der Waals surface area (Å²) in [5, 5.41) is 4.69. The fraction of sp³-hybridized carbons (Fsp3) is 0.400. The number of rotatable bonds is 6. The van der Waals surface area contributed by atoms with E-state index in [1.165, 1.54) is 0 Å². The van der Waals surface area contributed by atoms with Crippen molar-refractivity contribution in [1.29, 1.82) is 0 Å². The van der Waals surface area contributed by atoms with Crippen molar-refractivity contribution in [2.45, 2.75) is 13.5 Å². The van der Waals surface area contributed by atoms with Gasteiger partial charge < -0.3 is 5.32 Å². The molecule has 1 aliphatic rings. The van der Waals surface area contributed by atoms with Crippen LogP contribution in [0.25, 0.3) is 10.9 Å². The summed E-state index contributed by atoms with van der Waals surface area (Å²) < 4.78 is 0. The first kappa shape index (κ1) is 18.8. The fourth-order valence-electron chi connectivity index (χ4n) is 3.28. The van der Waals surface area contributed by atoms with E-state index in [9.17, 15) is 4.79 Å². The number of carbonyl (C=O) groups excluding carboxylic acids is 1. The van der Waals surface area contributed by atoms with Crippen LogP contribution in [-0.4, -0.2) is 60.0 Å². The lowest BCUT2D eigenvalue weighted by Crippen LogP contribution is -2.49. The van der Waals surface area contributed by atoms with Gasteiger partial charge in [-0.1, -0.05) is 35.9 Å². The molecule has 2 aromatic rings. The molecular formula is C20H25ClN4O. The minimum Gasteiger partial charge on any atom is -0.352 e. The molecule has 5 nitrogen and oxygen atoms in total. The number of piperazine rings is 1. The van der Waals surface area contributed by atoms with E-state index in [0.29, 0.717) is 13.1 Å². The molecule has 1 aliphatic heterocycles. The highest BCUT2D eigenvalue weighted by atomic mass is 35.5. The fourth-order valence-corrected chi connectivity index (χ4v) is 3.49. The number of para-hydroxylation sites is 1. The zero-order valence-corrected chi connectivity index (χ0v) is 15.9. The van der Waals surface area contributed by atoms with E-state index in [4.69, 9.17) is 16.6 Å². The number of amides is 1. The van der Waals surface area contributed by atoms with Crippen molar-refractivity contribution in [2.24, 2.45) is 0 Å². The summed E-state index contributed by atoms with van der Waals surface area (Å²) in [6.45, 7) is 10.9. The third-order valence-corrected chi connectivity index (χ3v) is 5.30. The quantitative estimate of drug-likeness (QED) is 0.792. The van der Waals surface area contributed by atoms with E-state index >= 15 is 0 Å². The van der Waals surface area contributed by atoms with Crippen LogP contribution in [0.2, 0.25) is 5.02 Å². The molecule has 1 aromatic carbocycles. The van der Waals surface area contributed by atoms with Gasteiger partial charge in [-0.2, -0.15) is 0 Å². The third kappa shape index (κ3) is 4.41. The van der Waals surface area contributed by atoms with E-state index in [1.807, 2.05) is 18.2 Å². The number of pyridine rings is 1. The van der Waals surface area contributed by atoms with Crippen LogP contribution in [0.15, 0.2) is 36.9 Å². The third-order valence-electron chi connectivity index (χ3n) is 4.80.